The third kappa shape index (κ3) is 3.96. The molecule has 4 aliphatic rings. The van der Waals surface area contributed by atoms with Crippen LogP contribution in [0, 0.1) is 5.82 Å². The van der Waals surface area contributed by atoms with Gasteiger partial charge in [-0.3, -0.25) is 9.59 Å². The molecule has 2 aromatic carbocycles. The molecule has 0 aromatic heterocycles. The fraction of sp³-hybridized carbons (Fsp3) is 0.481. The van der Waals surface area contributed by atoms with E-state index in [4.69, 9.17) is 11.6 Å². The predicted octanol–water partition coefficient (Wildman–Crippen LogP) is 4.72. The highest BCUT2D eigenvalue weighted by atomic mass is 35.5. The first kappa shape index (κ1) is 21.9. The van der Waals surface area contributed by atoms with Gasteiger partial charge >= 0.3 is 0 Å². The standard InChI is InChI=1S/C27H29ClFN3O2/c28-17-3-1-16(2-4-17)27(11-12-27)26(34)31-19-13-20-7-8-21(14-19)32(20)22-9-10-23(24(29)15-22)25(33)30-18-5-6-18/h1-4,9-10,15,18-21H,5-8,11-14H2,(H,30,33)(H,31,34)/t19-,20+,21-. The monoisotopic (exact) mass is 481 g/mol. The van der Waals surface area contributed by atoms with Crippen molar-refractivity contribution in [1.82, 2.24) is 10.6 Å². The number of hydrogen-bond donors (Lipinski definition) is 2. The quantitative estimate of drug-likeness (QED) is 0.627. The summed E-state index contributed by atoms with van der Waals surface area (Å²) in [5, 5.41) is 6.88. The second kappa shape index (κ2) is 8.26. The molecule has 2 heterocycles. The molecule has 0 unspecified atom stereocenters. The van der Waals surface area contributed by atoms with E-state index in [-0.39, 0.29) is 41.5 Å². The van der Waals surface area contributed by atoms with E-state index in [0.29, 0.717) is 5.02 Å². The number of anilines is 1. The van der Waals surface area contributed by atoms with E-state index in [0.717, 1.165) is 62.6 Å². The maximum atomic E-state index is 14.8. The fourth-order valence-electron chi connectivity index (χ4n) is 5.92. The molecule has 0 radical (unpaired) electrons. The summed E-state index contributed by atoms with van der Waals surface area (Å²) in [5.41, 5.74) is 1.57. The van der Waals surface area contributed by atoms with E-state index in [1.807, 2.05) is 30.3 Å². The number of halogens is 2. The summed E-state index contributed by atoms with van der Waals surface area (Å²) in [5.74, 6) is -0.681. The van der Waals surface area contributed by atoms with Gasteiger partial charge in [-0.05, 0) is 87.3 Å². The van der Waals surface area contributed by atoms with Crippen molar-refractivity contribution in [2.45, 2.75) is 80.9 Å². The van der Waals surface area contributed by atoms with E-state index >= 15 is 0 Å². The molecule has 3 atom stereocenters. The molecule has 2 aliphatic carbocycles. The number of fused-ring (bicyclic) bond motifs is 2. The van der Waals surface area contributed by atoms with Gasteiger partial charge in [0.25, 0.3) is 5.91 Å². The number of hydrogen-bond acceptors (Lipinski definition) is 3. The lowest BCUT2D eigenvalue weighted by atomic mass is 9.92. The molecule has 4 fully saturated rings. The van der Waals surface area contributed by atoms with Gasteiger partial charge in [0.15, 0.2) is 0 Å². The van der Waals surface area contributed by atoms with Crippen LogP contribution in [0.4, 0.5) is 10.1 Å². The van der Waals surface area contributed by atoms with Gasteiger partial charge < -0.3 is 15.5 Å². The number of nitrogens with one attached hydrogen (secondary N) is 2. The Morgan fingerprint density at radius 2 is 1.59 bits per heavy atom. The van der Waals surface area contributed by atoms with Crippen molar-refractivity contribution in [3.8, 4) is 0 Å². The first-order valence-corrected chi connectivity index (χ1v) is 12.8. The minimum absolute atomic E-state index is 0.113. The van der Waals surface area contributed by atoms with Gasteiger partial charge in [0, 0.05) is 34.9 Å². The molecule has 178 valence electrons. The van der Waals surface area contributed by atoms with Crippen LogP contribution in [-0.2, 0) is 10.2 Å². The number of carbonyl (C=O) groups excluding carboxylic acids is 2. The van der Waals surface area contributed by atoms with Crippen LogP contribution < -0.4 is 15.5 Å². The Kier molecular flexibility index (Phi) is 5.32. The summed E-state index contributed by atoms with van der Waals surface area (Å²) in [7, 11) is 0. The van der Waals surface area contributed by atoms with Crippen LogP contribution in [0.3, 0.4) is 0 Å². The Bertz CT molecular complexity index is 1120. The number of rotatable bonds is 6. The highest BCUT2D eigenvalue weighted by molar-refractivity contribution is 6.30. The highest BCUT2D eigenvalue weighted by Gasteiger charge is 2.52. The third-order valence-electron chi connectivity index (χ3n) is 8.06. The molecular weight excluding hydrogens is 453 g/mol. The van der Waals surface area contributed by atoms with Gasteiger partial charge in [0.1, 0.15) is 5.82 Å². The summed E-state index contributed by atoms with van der Waals surface area (Å²) >= 11 is 6.03. The van der Waals surface area contributed by atoms with Crippen LogP contribution in [0.2, 0.25) is 5.02 Å². The molecule has 34 heavy (non-hydrogen) atoms. The molecule has 2 saturated carbocycles. The van der Waals surface area contributed by atoms with Crippen LogP contribution >= 0.6 is 11.6 Å². The lowest BCUT2D eigenvalue weighted by molar-refractivity contribution is -0.124. The topological polar surface area (TPSA) is 61.4 Å². The molecule has 6 rings (SSSR count). The molecule has 2 aromatic rings. The molecule has 2 bridgehead atoms. The summed E-state index contributed by atoms with van der Waals surface area (Å²) in [6.45, 7) is 0. The zero-order chi connectivity index (χ0) is 23.4. The smallest absolute Gasteiger partial charge is 0.254 e. The van der Waals surface area contributed by atoms with Gasteiger partial charge in [-0.2, -0.15) is 0 Å². The molecule has 2 aliphatic heterocycles. The molecule has 7 heteroatoms. The second-order valence-corrected chi connectivity index (χ2v) is 10.9. The summed E-state index contributed by atoms with van der Waals surface area (Å²) in [6, 6.07) is 13.5. The van der Waals surface area contributed by atoms with Gasteiger partial charge in [0.05, 0.1) is 11.0 Å². The minimum Gasteiger partial charge on any atom is -0.365 e. The van der Waals surface area contributed by atoms with E-state index < -0.39 is 11.2 Å². The van der Waals surface area contributed by atoms with Crippen molar-refractivity contribution in [3.05, 3.63) is 64.4 Å². The third-order valence-corrected chi connectivity index (χ3v) is 8.31. The average molecular weight is 482 g/mol. The Labute approximate surface area is 204 Å². The molecular formula is C27H29ClFN3O2. The molecule has 2 N–H and O–H groups in total. The Hall–Kier alpha value is -2.60. The lowest BCUT2D eigenvalue weighted by Crippen LogP contribution is -2.52. The SMILES string of the molecule is O=C(NC1CC1)c1ccc(N2[C@@H]3CC[C@H]2C[C@@H](NC(=O)C2(c4ccc(Cl)cc4)CC2)C3)cc1F. The van der Waals surface area contributed by atoms with Crippen LogP contribution in [0.5, 0.6) is 0 Å². The number of carbonyl (C=O) groups is 2. The maximum absolute atomic E-state index is 14.8. The van der Waals surface area contributed by atoms with Crippen LogP contribution in [0.1, 0.15) is 67.3 Å². The van der Waals surface area contributed by atoms with E-state index in [1.54, 1.807) is 6.07 Å². The molecule has 2 saturated heterocycles. The number of amides is 2. The van der Waals surface area contributed by atoms with Crippen molar-refractivity contribution >= 4 is 29.1 Å². The van der Waals surface area contributed by atoms with E-state index in [9.17, 15) is 14.0 Å². The van der Waals surface area contributed by atoms with E-state index in [2.05, 4.69) is 15.5 Å². The summed E-state index contributed by atoms with van der Waals surface area (Å²) < 4.78 is 14.8. The Morgan fingerprint density at radius 3 is 2.18 bits per heavy atom. The van der Waals surface area contributed by atoms with Crippen molar-refractivity contribution in [3.63, 3.8) is 0 Å². The maximum Gasteiger partial charge on any atom is 0.254 e. The summed E-state index contributed by atoms with van der Waals surface area (Å²) in [6.07, 6.45) is 7.45. The highest BCUT2D eigenvalue weighted by Crippen LogP contribution is 2.49. The Balaban J connectivity index is 1.12. The van der Waals surface area contributed by atoms with Crippen molar-refractivity contribution in [2.24, 2.45) is 0 Å². The number of nitrogens with zero attached hydrogens (tertiary/aromatic N) is 1. The normalized spacial score (nSPS) is 26.8. The van der Waals surface area contributed by atoms with Gasteiger partial charge in [-0.15, -0.1) is 0 Å². The average Bonchev–Trinajstić information content (AvgIpc) is 3.73. The van der Waals surface area contributed by atoms with E-state index in [1.165, 1.54) is 6.07 Å². The predicted molar refractivity (Wildman–Crippen MR) is 130 cm³/mol. The second-order valence-electron chi connectivity index (χ2n) is 10.4. The molecule has 5 nitrogen and oxygen atoms in total. The number of piperidine rings is 1. The van der Waals surface area contributed by atoms with Crippen molar-refractivity contribution < 1.29 is 14.0 Å². The van der Waals surface area contributed by atoms with Gasteiger partial charge in [0.2, 0.25) is 5.91 Å². The van der Waals surface area contributed by atoms with Gasteiger partial charge in [-0.25, -0.2) is 4.39 Å². The van der Waals surface area contributed by atoms with Crippen LogP contribution in [0.15, 0.2) is 42.5 Å². The molecule has 2 amide bonds. The van der Waals surface area contributed by atoms with Crippen LogP contribution in [0.25, 0.3) is 0 Å². The van der Waals surface area contributed by atoms with Crippen molar-refractivity contribution in [1.29, 1.82) is 0 Å². The largest absolute Gasteiger partial charge is 0.365 e. The Morgan fingerprint density at radius 1 is 0.912 bits per heavy atom. The van der Waals surface area contributed by atoms with Crippen molar-refractivity contribution in [2.75, 3.05) is 4.90 Å². The first-order chi connectivity index (χ1) is 16.4. The van der Waals surface area contributed by atoms with Crippen LogP contribution in [-0.4, -0.2) is 36.0 Å². The fourth-order valence-corrected chi connectivity index (χ4v) is 6.05. The number of benzene rings is 2. The minimum atomic E-state index is -0.468. The van der Waals surface area contributed by atoms with Gasteiger partial charge in [-0.1, -0.05) is 23.7 Å². The molecule has 0 spiro atoms. The lowest BCUT2D eigenvalue weighted by Gasteiger charge is -2.41. The zero-order valence-electron chi connectivity index (χ0n) is 19.0. The zero-order valence-corrected chi connectivity index (χ0v) is 19.8. The first-order valence-electron chi connectivity index (χ1n) is 12.4. The summed E-state index contributed by atoms with van der Waals surface area (Å²) in [4.78, 5) is 27.8.